The third-order valence-corrected chi connectivity index (χ3v) is 5.51. The summed E-state index contributed by atoms with van der Waals surface area (Å²) in [5.41, 5.74) is 2.94. The number of ether oxygens (including phenoxy) is 1. The maximum Gasteiger partial charge on any atom is 0.272 e. The highest BCUT2D eigenvalue weighted by molar-refractivity contribution is 5.95. The minimum Gasteiger partial charge on any atom is -0.497 e. The highest BCUT2D eigenvalue weighted by Crippen LogP contribution is 2.40. The average Bonchev–Trinajstić information content (AvgIpc) is 3.14. The molecule has 10 heteroatoms. The van der Waals surface area contributed by atoms with E-state index in [-0.39, 0.29) is 18.3 Å². The molecule has 2 aromatic carbocycles. The molecule has 1 aliphatic heterocycles. The second-order valence-corrected chi connectivity index (χ2v) is 7.64. The molecule has 1 N–H and O–H groups in total. The second-order valence-electron chi connectivity index (χ2n) is 7.64. The fourth-order valence-electron chi connectivity index (χ4n) is 4.04. The minimum absolute atomic E-state index is 0.0351. The maximum atomic E-state index is 13.9. The van der Waals surface area contributed by atoms with E-state index in [1.165, 1.54) is 23.0 Å². The smallest absolute Gasteiger partial charge is 0.272 e. The molecular formula is C23H18F2N6O2. The summed E-state index contributed by atoms with van der Waals surface area (Å²) in [6.45, 7) is 1.76. The van der Waals surface area contributed by atoms with E-state index in [2.05, 4.69) is 25.6 Å². The lowest BCUT2D eigenvalue weighted by atomic mass is 9.85. The van der Waals surface area contributed by atoms with E-state index in [9.17, 15) is 13.6 Å². The third-order valence-electron chi connectivity index (χ3n) is 5.51. The summed E-state index contributed by atoms with van der Waals surface area (Å²) in [5, 5.41) is 15.4. The van der Waals surface area contributed by atoms with E-state index in [1.54, 1.807) is 26.2 Å². The largest absolute Gasteiger partial charge is 0.497 e. The van der Waals surface area contributed by atoms with E-state index >= 15 is 0 Å². The molecule has 1 atom stereocenters. The Kier molecular flexibility index (Phi) is 5.04. The number of carbonyl (C=O) groups excluding carboxylic acids is 1. The summed E-state index contributed by atoms with van der Waals surface area (Å²) < 4.78 is 34.3. The van der Waals surface area contributed by atoms with Crippen LogP contribution in [0.25, 0.3) is 17.2 Å². The number of hydrogen-bond acceptors (Lipinski definition) is 6. The molecule has 5 rings (SSSR count). The molecule has 33 heavy (non-hydrogen) atoms. The zero-order chi connectivity index (χ0) is 23.1. The SMILES string of the molecule is COc1ccc(-c2cnnc(-n3nc(C)c4c3NC(=O)CC4c3cc(F)cc(F)c3)n2)cc1. The average molecular weight is 448 g/mol. The Bertz CT molecular complexity index is 1350. The van der Waals surface area contributed by atoms with Gasteiger partial charge in [-0.3, -0.25) is 4.79 Å². The molecule has 4 aromatic rings. The van der Waals surface area contributed by atoms with Gasteiger partial charge in [0.2, 0.25) is 5.91 Å². The van der Waals surface area contributed by atoms with Gasteiger partial charge in [0.1, 0.15) is 23.2 Å². The molecule has 0 aliphatic carbocycles. The Labute approximate surface area is 187 Å². The van der Waals surface area contributed by atoms with Gasteiger partial charge < -0.3 is 10.1 Å². The van der Waals surface area contributed by atoms with Gasteiger partial charge >= 0.3 is 0 Å². The zero-order valence-corrected chi connectivity index (χ0v) is 17.7. The van der Waals surface area contributed by atoms with Gasteiger partial charge in [0, 0.05) is 29.5 Å². The Morgan fingerprint density at radius 3 is 2.55 bits per heavy atom. The van der Waals surface area contributed by atoms with Crippen molar-refractivity contribution in [3.63, 3.8) is 0 Å². The number of nitrogens with one attached hydrogen (secondary N) is 1. The van der Waals surface area contributed by atoms with Crippen LogP contribution in [0.1, 0.15) is 29.2 Å². The van der Waals surface area contributed by atoms with Crippen molar-refractivity contribution in [2.75, 3.05) is 12.4 Å². The van der Waals surface area contributed by atoms with Crippen LogP contribution in [-0.2, 0) is 4.79 Å². The van der Waals surface area contributed by atoms with Crippen LogP contribution in [0.2, 0.25) is 0 Å². The van der Waals surface area contributed by atoms with Crippen LogP contribution in [0.4, 0.5) is 14.6 Å². The molecule has 0 bridgehead atoms. The van der Waals surface area contributed by atoms with Crippen molar-refractivity contribution in [2.45, 2.75) is 19.3 Å². The topological polar surface area (TPSA) is 94.8 Å². The predicted molar refractivity (Wildman–Crippen MR) is 115 cm³/mol. The van der Waals surface area contributed by atoms with Crippen LogP contribution in [0.15, 0.2) is 48.7 Å². The van der Waals surface area contributed by atoms with Crippen LogP contribution < -0.4 is 10.1 Å². The van der Waals surface area contributed by atoms with Crippen molar-refractivity contribution in [3.05, 3.63) is 77.1 Å². The van der Waals surface area contributed by atoms with Crippen molar-refractivity contribution >= 4 is 11.7 Å². The minimum atomic E-state index is -0.706. The number of benzene rings is 2. The molecule has 0 fully saturated rings. The second kappa shape index (κ2) is 8.05. The van der Waals surface area contributed by atoms with Gasteiger partial charge in [0.25, 0.3) is 5.95 Å². The van der Waals surface area contributed by atoms with Crippen LogP contribution in [-0.4, -0.2) is 38.0 Å². The molecule has 0 spiro atoms. The van der Waals surface area contributed by atoms with Crippen molar-refractivity contribution in [3.8, 4) is 23.0 Å². The first-order chi connectivity index (χ1) is 15.9. The summed E-state index contributed by atoms with van der Waals surface area (Å²) in [5.74, 6) is -1.07. The van der Waals surface area contributed by atoms with Crippen molar-refractivity contribution in [1.82, 2.24) is 25.0 Å². The highest BCUT2D eigenvalue weighted by atomic mass is 19.1. The molecule has 1 amide bonds. The Hall–Kier alpha value is -4.21. The standard InChI is InChI=1S/C23H18F2N6O2/c1-12-21-18(14-7-15(24)9-16(25)8-14)10-20(32)28-22(21)31(30-12)23-27-19(11-26-29-23)13-3-5-17(33-2)6-4-13/h3-9,11,18H,10H2,1-2H3,(H,28,32). The number of anilines is 1. The van der Waals surface area contributed by atoms with Crippen molar-refractivity contribution in [1.29, 1.82) is 0 Å². The predicted octanol–water partition coefficient (Wildman–Crippen LogP) is 3.79. The number of aryl methyl sites for hydroxylation is 1. The van der Waals surface area contributed by atoms with E-state index in [0.717, 1.165) is 11.6 Å². The number of methoxy groups -OCH3 is 1. The number of rotatable bonds is 4. The van der Waals surface area contributed by atoms with Gasteiger partial charge in [0.15, 0.2) is 0 Å². The Balaban J connectivity index is 1.60. The van der Waals surface area contributed by atoms with E-state index < -0.39 is 17.6 Å². The summed E-state index contributed by atoms with van der Waals surface area (Å²) in [7, 11) is 1.59. The zero-order valence-electron chi connectivity index (χ0n) is 17.7. The number of fused-ring (bicyclic) bond motifs is 1. The number of amides is 1. The first kappa shape index (κ1) is 20.7. The quantitative estimate of drug-likeness (QED) is 0.510. The lowest BCUT2D eigenvalue weighted by molar-refractivity contribution is -0.116. The van der Waals surface area contributed by atoms with Crippen LogP contribution in [0.5, 0.6) is 5.75 Å². The Morgan fingerprint density at radius 1 is 1.12 bits per heavy atom. The van der Waals surface area contributed by atoms with E-state index in [4.69, 9.17) is 4.74 Å². The van der Waals surface area contributed by atoms with Gasteiger partial charge in [-0.25, -0.2) is 13.8 Å². The fourth-order valence-corrected chi connectivity index (χ4v) is 4.04. The van der Waals surface area contributed by atoms with Crippen LogP contribution >= 0.6 is 0 Å². The van der Waals surface area contributed by atoms with Crippen LogP contribution in [0.3, 0.4) is 0 Å². The molecule has 166 valence electrons. The molecular weight excluding hydrogens is 430 g/mol. The summed E-state index contributed by atoms with van der Waals surface area (Å²) >= 11 is 0. The Morgan fingerprint density at radius 2 is 1.85 bits per heavy atom. The number of aromatic nitrogens is 5. The molecule has 2 aromatic heterocycles. The highest BCUT2D eigenvalue weighted by Gasteiger charge is 2.33. The molecule has 8 nitrogen and oxygen atoms in total. The molecule has 3 heterocycles. The van der Waals surface area contributed by atoms with Gasteiger partial charge in [0.05, 0.1) is 24.7 Å². The normalized spacial score (nSPS) is 15.2. The molecule has 1 aliphatic rings. The summed E-state index contributed by atoms with van der Waals surface area (Å²) in [6.07, 6.45) is 1.55. The number of hydrogen-bond donors (Lipinski definition) is 1. The molecule has 0 radical (unpaired) electrons. The molecule has 0 saturated carbocycles. The molecule has 0 saturated heterocycles. The number of halogens is 2. The number of carbonyl (C=O) groups is 1. The van der Waals surface area contributed by atoms with Gasteiger partial charge in [-0.2, -0.15) is 14.9 Å². The van der Waals surface area contributed by atoms with Gasteiger partial charge in [-0.1, -0.05) is 0 Å². The van der Waals surface area contributed by atoms with E-state index in [0.29, 0.717) is 34.1 Å². The van der Waals surface area contributed by atoms with E-state index in [1.807, 2.05) is 12.1 Å². The van der Waals surface area contributed by atoms with Gasteiger partial charge in [-0.15, -0.1) is 5.10 Å². The summed E-state index contributed by atoms with van der Waals surface area (Å²) in [6, 6.07) is 10.6. The van der Waals surface area contributed by atoms with Gasteiger partial charge in [-0.05, 0) is 48.9 Å². The molecule has 1 unspecified atom stereocenters. The third kappa shape index (κ3) is 3.79. The van der Waals surface area contributed by atoms with Crippen molar-refractivity contribution in [2.24, 2.45) is 0 Å². The summed E-state index contributed by atoms with van der Waals surface area (Å²) in [4.78, 5) is 17.1. The van der Waals surface area contributed by atoms with Crippen LogP contribution in [0, 0.1) is 18.6 Å². The lowest BCUT2D eigenvalue weighted by Crippen LogP contribution is -2.25. The fraction of sp³-hybridized carbons (Fsp3) is 0.174. The first-order valence-corrected chi connectivity index (χ1v) is 10.1. The van der Waals surface area contributed by atoms with Crippen molar-refractivity contribution < 1.29 is 18.3 Å². The number of nitrogens with zero attached hydrogens (tertiary/aromatic N) is 5. The monoisotopic (exact) mass is 448 g/mol. The first-order valence-electron chi connectivity index (χ1n) is 10.1. The maximum absolute atomic E-state index is 13.9. The lowest BCUT2D eigenvalue weighted by Gasteiger charge is -2.24.